The van der Waals surface area contributed by atoms with E-state index in [9.17, 15) is 4.79 Å². The minimum Gasteiger partial charge on any atom is -0.303 e. The van der Waals surface area contributed by atoms with Gasteiger partial charge in [0.05, 0.1) is 11.5 Å². The summed E-state index contributed by atoms with van der Waals surface area (Å²) in [5.41, 5.74) is 2.28. The highest BCUT2D eigenvalue weighted by Crippen LogP contribution is 2.22. The number of amides is 1. The molecule has 1 aromatic rings. The van der Waals surface area contributed by atoms with Gasteiger partial charge in [0.2, 0.25) is 5.91 Å². The summed E-state index contributed by atoms with van der Waals surface area (Å²) in [4.78, 5) is 11.6. The van der Waals surface area contributed by atoms with Crippen LogP contribution in [0.1, 0.15) is 37.3 Å². The predicted molar refractivity (Wildman–Crippen MR) is 89.9 cm³/mol. The molecule has 0 aliphatic carbocycles. The smallest absolute Gasteiger partial charge is 0.239 e. The fourth-order valence-electron chi connectivity index (χ4n) is 1.87. The van der Waals surface area contributed by atoms with Crippen LogP contribution < -0.4 is 5.32 Å². The number of nitrogens with zero attached hydrogens (tertiary/aromatic N) is 2. The first kappa shape index (κ1) is 15.5. The molecule has 0 saturated carbocycles. The van der Waals surface area contributed by atoms with Crippen molar-refractivity contribution in [2.45, 2.75) is 31.4 Å². The summed E-state index contributed by atoms with van der Waals surface area (Å²) < 4.78 is 0. The van der Waals surface area contributed by atoms with Gasteiger partial charge in [-0.15, -0.1) is 11.7 Å². The maximum atomic E-state index is 11.6. The predicted octanol–water partition coefficient (Wildman–Crippen LogP) is 3.31. The van der Waals surface area contributed by atoms with Crippen LogP contribution in [0.4, 0.5) is 0 Å². The number of amidine groups is 1. The van der Waals surface area contributed by atoms with Gasteiger partial charge in [0.1, 0.15) is 0 Å². The fraction of sp³-hybridized carbons (Fsp3) is 0.312. The largest absolute Gasteiger partial charge is 0.303 e. The molecule has 0 bridgehead atoms. The number of carbonyl (C=O) groups is 1. The highest BCUT2D eigenvalue weighted by Gasteiger charge is 2.28. The van der Waals surface area contributed by atoms with Crippen molar-refractivity contribution in [1.82, 2.24) is 5.32 Å². The van der Waals surface area contributed by atoms with Crippen LogP contribution >= 0.6 is 11.8 Å². The minimum atomic E-state index is -0.137. The monoisotopic (exact) mass is 301 g/mol. The maximum Gasteiger partial charge on any atom is 0.239 e. The number of allylic oxidation sites excluding steroid dienone is 1. The van der Waals surface area contributed by atoms with E-state index in [4.69, 9.17) is 0 Å². The summed E-state index contributed by atoms with van der Waals surface area (Å²) in [7, 11) is 0. The Labute approximate surface area is 129 Å². The van der Waals surface area contributed by atoms with Gasteiger partial charge in [-0.25, -0.2) is 0 Å². The molecule has 1 fully saturated rings. The van der Waals surface area contributed by atoms with Gasteiger partial charge in [-0.1, -0.05) is 56.0 Å². The van der Waals surface area contributed by atoms with E-state index in [-0.39, 0.29) is 11.2 Å². The molecule has 1 aromatic carbocycles. The Morgan fingerprint density at radius 2 is 2.10 bits per heavy atom. The molecule has 1 amide bonds. The molecule has 0 unspecified atom stereocenters. The standard InChI is InChI=1S/C16H19N3OS/c1-4-5-14-15(20)18-16(21-14)19-17-10-12-6-8-13(9-7-12)11(2)3/h4,6-11,14H,1,5H2,2-3H3,(H,18,19,20)/b17-10+/t14-/m1/s1. The lowest BCUT2D eigenvalue weighted by atomic mass is 10.0. The van der Waals surface area contributed by atoms with Crippen molar-refractivity contribution in [2.24, 2.45) is 10.2 Å². The van der Waals surface area contributed by atoms with Gasteiger partial charge in [0.25, 0.3) is 0 Å². The fourth-order valence-corrected chi connectivity index (χ4v) is 2.80. The second kappa shape index (κ2) is 7.22. The number of hydrogen-bond acceptors (Lipinski definition) is 4. The lowest BCUT2D eigenvalue weighted by Gasteiger charge is -2.03. The average molecular weight is 301 g/mol. The molecule has 2 rings (SSSR count). The summed E-state index contributed by atoms with van der Waals surface area (Å²) in [5, 5.41) is 11.2. The van der Waals surface area contributed by atoms with Crippen molar-refractivity contribution in [1.29, 1.82) is 0 Å². The van der Waals surface area contributed by atoms with Crippen LogP contribution in [0.2, 0.25) is 0 Å². The third-order valence-corrected chi connectivity index (χ3v) is 4.21. The van der Waals surface area contributed by atoms with Crippen molar-refractivity contribution < 1.29 is 4.79 Å². The zero-order valence-electron chi connectivity index (χ0n) is 12.2. The second-order valence-corrected chi connectivity index (χ2v) is 6.28. The van der Waals surface area contributed by atoms with Crippen molar-refractivity contribution in [2.75, 3.05) is 0 Å². The number of benzene rings is 1. The Balaban J connectivity index is 1.97. The van der Waals surface area contributed by atoms with E-state index in [1.165, 1.54) is 17.3 Å². The van der Waals surface area contributed by atoms with Gasteiger partial charge < -0.3 is 5.32 Å². The Hall–Kier alpha value is -1.88. The zero-order valence-corrected chi connectivity index (χ0v) is 13.1. The molecule has 1 saturated heterocycles. The molecule has 1 aliphatic heterocycles. The molecular weight excluding hydrogens is 282 g/mol. The first-order valence-electron chi connectivity index (χ1n) is 6.89. The highest BCUT2D eigenvalue weighted by atomic mass is 32.2. The molecule has 1 atom stereocenters. The third kappa shape index (κ3) is 4.29. The van der Waals surface area contributed by atoms with Crippen molar-refractivity contribution in [3.8, 4) is 0 Å². The SMILES string of the molecule is C=CC[C@H]1S/C(=N/N=C/c2ccc(C(C)C)cc2)NC1=O. The van der Waals surface area contributed by atoms with E-state index < -0.39 is 0 Å². The van der Waals surface area contributed by atoms with Gasteiger partial charge >= 0.3 is 0 Å². The number of rotatable bonds is 5. The molecule has 0 radical (unpaired) electrons. The lowest BCUT2D eigenvalue weighted by Crippen LogP contribution is -2.24. The first-order valence-corrected chi connectivity index (χ1v) is 7.77. The summed E-state index contributed by atoms with van der Waals surface area (Å²) in [5.74, 6) is 0.485. The molecule has 4 nitrogen and oxygen atoms in total. The number of thioether (sulfide) groups is 1. The molecule has 5 heteroatoms. The van der Waals surface area contributed by atoms with E-state index in [1.807, 2.05) is 12.1 Å². The van der Waals surface area contributed by atoms with Crippen molar-refractivity contribution >= 4 is 29.1 Å². The van der Waals surface area contributed by atoms with E-state index in [0.29, 0.717) is 17.5 Å². The summed E-state index contributed by atoms with van der Waals surface area (Å²) in [6.07, 6.45) is 4.06. The summed E-state index contributed by atoms with van der Waals surface area (Å²) in [6.45, 7) is 7.96. The number of hydrogen-bond donors (Lipinski definition) is 1. The molecule has 110 valence electrons. The maximum absolute atomic E-state index is 11.6. The molecule has 1 N–H and O–H groups in total. The topological polar surface area (TPSA) is 53.8 Å². The molecule has 1 heterocycles. The van der Waals surface area contributed by atoms with Crippen LogP contribution in [0.15, 0.2) is 47.1 Å². The van der Waals surface area contributed by atoms with Gasteiger partial charge in [-0.2, -0.15) is 5.10 Å². The van der Waals surface area contributed by atoms with Crippen LogP contribution in [0.25, 0.3) is 0 Å². The normalized spacial score (nSPS) is 20.4. The third-order valence-electron chi connectivity index (χ3n) is 3.12. The van der Waals surface area contributed by atoms with E-state index in [0.717, 1.165) is 5.56 Å². The summed E-state index contributed by atoms with van der Waals surface area (Å²) in [6, 6.07) is 8.20. The number of nitrogens with one attached hydrogen (secondary N) is 1. The number of carbonyl (C=O) groups excluding carboxylic acids is 1. The van der Waals surface area contributed by atoms with Crippen molar-refractivity contribution in [3.63, 3.8) is 0 Å². The molecule has 0 aromatic heterocycles. The van der Waals surface area contributed by atoms with Gasteiger partial charge in [-0.05, 0) is 23.5 Å². The average Bonchev–Trinajstić information content (AvgIpc) is 2.80. The Kier molecular flexibility index (Phi) is 5.33. The van der Waals surface area contributed by atoms with Gasteiger partial charge in [-0.3, -0.25) is 4.79 Å². The van der Waals surface area contributed by atoms with Crippen LogP contribution in [0.5, 0.6) is 0 Å². The van der Waals surface area contributed by atoms with E-state index in [1.54, 1.807) is 12.3 Å². The molecule has 0 spiro atoms. The summed E-state index contributed by atoms with van der Waals surface area (Å²) >= 11 is 1.39. The Morgan fingerprint density at radius 1 is 1.38 bits per heavy atom. The quantitative estimate of drug-likeness (QED) is 0.515. The van der Waals surface area contributed by atoms with Gasteiger partial charge in [0, 0.05) is 0 Å². The minimum absolute atomic E-state index is 0.0323. The highest BCUT2D eigenvalue weighted by molar-refractivity contribution is 8.15. The first-order chi connectivity index (χ1) is 10.1. The van der Waals surface area contributed by atoms with Crippen LogP contribution in [0.3, 0.4) is 0 Å². The molecule has 21 heavy (non-hydrogen) atoms. The van der Waals surface area contributed by atoms with Crippen LogP contribution in [0, 0.1) is 0 Å². The van der Waals surface area contributed by atoms with Crippen LogP contribution in [-0.2, 0) is 4.79 Å². The Bertz CT molecular complexity index is 576. The second-order valence-electron chi connectivity index (χ2n) is 5.09. The van der Waals surface area contributed by atoms with E-state index in [2.05, 4.69) is 48.1 Å². The van der Waals surface area contributed by atoms with Gasteiger partial charge in [0.15, 0.2) is 5.17 Å². The Morgan fingerprint density at radius 3 is 2.71 bits per heavy atom. The van der Waals surface area contributed by atoms with Crippen molar-refractivity contribution in [3.05, 3.63) is 48.0 Å². The molecule has 1 aliphatic rings. The van der Waals surface area contributed by atoms with Crippen LogP contribution in [-0.4, -0.2) is 22.5 Å². The van der Waals surface area contributed by atoms with E-state index >= 15 is 0 Å². The lowest BCUT2D eigenvalue weighted by molar-refractivity contribution is -0.118. The zero-order chi connectivity index (χ0) is 15.2. The molecular formula is C16H19N3OS.